The number of carboxylic acid groups (broad SMARTS) is 1. The molecule has 1 aliphatic rings. The molecule has 9 heteroatoms. The highest BCUT2D eigenvalue weighted by Crippen LogP contribution is 2.25. The highest BCUT2D eigenvalue weighted by atomic mass is 19.4. The fourth-order valence-corrected chi connectivity index (χ4v) is 4.13. The summed E-state index contributed by atoms with van der Waals surface area (Å²) in [6, 6.07) is 21.0. The van der Waals surface area contributed by atoms with Crippen LogP contribution in [0.25, 0.3) is 10.8 Å². The zero-order chi connectivity index (χ0) is 26.3. The first-order valence-corrected chi connectivity index (χ1v) is 11.7. The number of nitrogens with one attached hydrogen (secondary N) is 3. The number of anilines is 1. The van der Waals surface area contributed by atoms with Gasteiger partial charge in [-0.15, -0.1) is 0 Å². The van der Waals surface area contributed by atoms with Gasteiger partial charge in [-0.05, 0) is 67.3 Å². The molecule has 0 spiro atoms. The maximum absolute atomic E-state index is 13.0. The second-order valence-electron chi connectivity index (χ2n) is 8.77. The van der Waals surface area contributed by atoms with Gasteiger partial charge in [0.1, 0.15) is 0 Å². The number of hydrogen-bond acceptors (Lipinski definition) is 4. The summed E-state index contributed by atoms with van der Waals surface area (Å²) < 4.78 is 31.7. The van der Waals surface area contributed by atoms with Gasteiger partial charge in [-0.25, -0.2) is 4.79 Å². The first kappa shape index (κ1) is 27.0. The molecule has 0 saturated carbocycles. The fourth-order valence-electron chi connectivity index (χ4n) is 4.13. The summed E-state index contributed by atoms with van der Waals surface area (Å²) in [5.74, 6) is -2.79. The lowest BCUT2D eigenvalue weighted by Crippen LogP contribution is -2.29. The third kappa shape index (κ3) is 7.21. The molecule has 0 radical (unpaired) electrons. The molecule has 36 heavy (non-hydrogen) atoms. The monoisotopic (exact) mass is 501 g/mol. The number of fused-ring (bicyclic) bond motifs is 1. The van der Waals surface area contributed by atoms with E-state index in [0.717, 1.165) is 35.5 Å². The predicted octanol–water partition coefficient (Wildman–Crippen LogP) is 5.44. The predicted molar refractivity (Wildman–Crippen MR) is 134 cm³/mol. The molecule has 0 bridgehead atoms. The van der Waals surface area contributed by atoms with Crippen LogP contribution in [0.4, 0.5) is 18.9 Å². The molecule has 1 amide bonds. The van der Waals surface area contributed by atoms with Crippen LogP contribution < -0.4 is 16.0 Å². The lowest BCUT2D eigenvalue weighted by molar-refractivity contribution is -0.192. The first-order chi connectivity index (χ1) is 17.1. The largest absolute Gasteiger partial charge is 0.490 e. The van der Waals surface area contributed by atoms with Crippen LogP contribution in [-0.2, 0) is 4.79 Å². The normalized spacial score (nSPS) is 16.1. The standard InChI is InChI=1S/C25H29N3O.C2HF3O2/c1-17-12-13-20(27-16-21-9-6-14-26-21)15-24(17)25(29)28-18(2)22-11-5-8-19-7-3-4-10-23(19)22;3-2(4,5)1(6)7/h3-5,7-8,10-13,15,18,21,26-27H,6,9,14,16H2,1-2H3,(H,28,29);(H,6,7)/t18-,21+;/m1./s1. The molecule has 1 heterocycles. The Morgan fingerprint density at radius 2 is 1.81 bits per heavy atom. The highest BCUT2D eigenvalue weighted by Gasteiger charge is 2.38. The third-order valence-corrected chi connectivity index (χ3v) is 6.08. The number of amides is 1. The zero-order valence-electron chi connectivity index (χ0n) is 20.2. The minimum absolute atomic E-state index is 0.0365. The molecule has 3 aromatic carbocycles. The van der Waals surface area contributed by atoms with E-state index in [-0.39, 0.29) is 11.9 Å². The molecule has 2 atom stereocenters. The molecule has 1 saturated heterocycles. The summed E-state index contributed by atoms with van der Waals surface area (Å²) >= 11 is 0. The molecule has 1 fully saturated rings. The quantitative estimate of drug-likeness (QED) is 0.361. The maximum Gasteiger partial charge on any atom is 0.490 e. The van der Waals surface area contributed by atoms with Crippen molar-refractivity contribution in [1.29, 1.82) is 0 Å². The topological polar surface area (TPSA) is 90.5 Å². The fraction of sp³-hybridized carbons (Fsp3) is 0.333. The molecule has 192 valence electrons. The van der Waals surface area contributed by atoms with E-state index in [1.165, 1.54) is 23.6 Å². The van der Waals surface area contributed by atoms with E-state index in [1.54, 1.807) is 0 Å². The number of benzene rings is 3. The molecule has 1 aliphatic heterocycles. The van der Waals surface area contributed by atoms with Gasteiger partial charge in [0.2, 0.25) is 0 Å². The first-order valence-electron chi connectivity index (χ1n) is 11.7. The Kier molecular flexibility index (Phi) is 8.93. The van der Waals surface area contributed by atoms with E-state index < -0.39 is 12.1 Å². The minimum atomic E-state index is -5.08. The maximum atomic E-state index is 13.0. The lowest BCUT2D eigenvalue weighted by Gasteiger charge is -2.18. The minimum Gasteiger partial charge on any atom is -0.475 e. The number of hydrogen-bond donors (Lipinski definition) is 4. The highest BCUT2D eigenvalue weighted by molar-refractivity contribution is 5.97. The lowest BCUT2D eigenvalue weighted by atomic mass is 9.99. The van der Waals surface area contributed by atoms with Crippen LogP contribution in [0.5, 0.6) is 0 Å². The Hall–Kier alpha value is -3.59. The van der Waals surface area contributed by atoms with Crippen LogP contribution in [0.3, 0.4) is 0 Å². The Labute approximate surface area is 207 Å². The number of aliphatic carboxylic acids is 1. The van der Waals surface area contributed by atoms with Crippen molar-refractivity contribution in [2.24, 2.45) is 0 Å². The number of alkyl halides is 3. The average Bonchev–Trinajstić information content (AvgIpc) is 3.36. The second kappa shape index (κ2) is 11.9. The molecule has 0 unspecified atom stereocenters. The van der Waals surface area contributed by atoms with Crippen LogP contribution in [0.2, 0.25) is 0 Å². The van der Waals surface area contributed by atoms with Gasteiger partial charge in [0, 0.05) is 23.8 Å². The summed E-state index contributed by atoms with van der Waals surface area (Å²) in [6.07, 6.45) is -2.64. The average molecular weight is 502 g/mol. The second-order valence-corrected chi connectivity index (χ2v) is 8.77. The Morgan fingerprint density at radius 3 is 2.47 bits per heavy atom. The molecule has 0 aliphatic carbocycles. The number of carbonyl (C=O) groups is 2. The molecule has 6 nitrogen and oxygen atoms in total. The van der Waals surface area contributed by atoms with Crippen molar-refractivity contribution < 1.29 is 27.9 Å². The van der Waals surface area contributed by atoms with E-state index in [9.17, 15) is 18.0 Å². The van der Waals surface area contributed by atoms with Gasteiger partial charge in [-0.3, -0.25) is 4.79 Å². The van der Waals surface area contributed by atoms with Crippen molar-refractivity contribution >= 4 is 28.3 Å². The third-order valence-electron chi connectivity index (χ3n) is 6.08. The van der Waals surface area contributed by atoms with Gasteiger partial charge >= 0.3 is 12.1 Å². The van der Waals surface area contributed by atoms with Gasteiger partial charge in [0.05, 0.1) is 6.04 Å². The van der Waals surface area contributed by atoms with Crippen molar-refractivity contribution in [2.45, 2.75) is 44.9 Å². The van der Waals surface area contributed by atoms with Crippen molar-refractivity contribution in [3.8, 4) is 0 Å². The van der Waals surface area contributed by atoms with Gasteiger partial charge in [-0.2, -0.15) is 13.2 Å². The molecular weight excluding hydrogens is 471 g/mol. The Morgan fingerprint density at radius 1 is 1.11 bits per heavy atom. The van der Waals surface area contributed by atoms with Crippen molar-refractivity contribution in [3.05, 3.63) is 77.4 Å². The summed E-state index contributed by atoms with van der Waals surface area (Å²) in [7, 11) is 0. The van der Waals surface area contributed by atoms with Crippen molar-refractivity contribution in [2.75, 3.05) is 18.4 Å². The SMILES string of the molecule is Cc1ccc(NC[C@@H]2CCCN2)cc1C(=O)N[C@H](C)c1cccc2ccccc12.O=C(O)C(F)(F)F. The van der Waals surface area contributed by atoms with Crippen LogP contribution in [0, 0.1) is 6.92 Å². The summed E-state index contributed by atoms with van der Waals surface area (Å²) in [6.45, 7) is 6.01. The van der Waals surface area contributed by atoms with Gasteiger partial charge in [0.25, 0.3) is 5.91 Å². The van der Waals surface area contributed by atoms with Gasteiger partial charge in [-0.1, -0.05) is 48.5 Å². The zero-order valence-corrected chi connectivity index (χ0v) is 20.2. The van der Waals surface area contributed by atoms with Crippen molar-refractivity contribution in [1.82, 2.24) is 10.6 Å². The summed E-state index contributed by atoms with van der Waals surface area (Å²) in [5, 5.41) is 19.7. The smallest absolute Gasteiger partial charge is 0.475 e. The van der Waals surface area contributed by atoms with Crippen molar-refractivity contribution in [3.63, 3.8) is 0 Å². The molecule has 4 rings (SSSR count). The van der Waals surface area contributed by atoms with E-state index in [4.69, 9.17) is 9.90 Å². The van der Waals surface area contributed by atoms with Crippen LogP contribution in [-0.4, -0.2) is 42.3 Å². The van der Waals surface area contributed by atoms with Gasteiger partial charge in [0.15, 0.2) is 0 Å². The van der Waals surface area contributed by atoms with E-state index >= 15 is 0 Å². The van der Waals surface area contributed by atoms with Gasteiger partial charge < -0.3 is 21.1 Å². The Bertz CT molecular complexity index is 1200. The van der Waals surface area contributed by atoms with Crippen LogP contribution >= 0.6 is 0 Å². The number of aryl methyl sites for hydroxylation is 1. The van der Waals surface area contributed by atoms with E-state index in [2.05, 4.69) is 46.3 Å². The number of carbonyl (C=O) groups excluding carboxylic acids is 1. The molecule has 4 N–H and O–H groups in total. The van der Waals surface area contributed by atoms with Crippen LogP contribution in [0.15, 0.2) is 60.7 Å². The molecule has 3 aromatic rings. The Balaban J connectivity index is 0.000000454. The number of halogens is 3. The molecular formula is C27H30F3N3O3. The van der Waals surface area contributed by atoms with Crippen LogP contribution in [0.1, 0.15) is 47.3 Å². The number of rotatable bonds is 6. The van der Waals surface area contributed by atoms with E-state index in [1.807, 2.05) is 44.2 Å². The summed E-state index contributed by atoms with van der Waals surface area (Å²) in [4.78, 5) is 21.9. The van der Waals surface area contributed by atoms with E-state index in [0.29, 0.717) is 6.04 Å². The number of carboxylic acids is 1. The summed E-state index contributed by atoms with van der Waals surface area (Å²) in [5.41, 5.74) is 3.83. The molecule has 0 aromatic heterocycles.